The monoisotopic (exact) mass is 366 g/mol. The van der Waals surface area contributed by atoms with E-state index >= 15 is 0 Å². The molecule has 8 nitrogen and oxygen atoms in total. The molecule has 1 amide bonds. The molecule has 1 aliphatic heterocycles. The van der Waals surface area contributed by atoms with Crippen molar-refractivity contribution in [3.05, 3.63) is 52.2 Å². The lowest BCUT2D eigenvalue weighted by molar-refractivity contribution is -0.135. The maximum Gasteiger partial charge on any atom is 0.255 e. The molecule has 8 heteroatoms. The van der Waals surface area contributed by atoms with Crippen LogP contribution in [0.5, 0.6) is 0 Å². The van der Waals surface area contributed by atoms with Crippen molar-refractivity contribution in [2.45, 2.75) is 25.9 Å². The van der Waals surface area contributed by atoms with Crippen molar-refractivity contribution in [1.29, 1.82) is 0 Å². The van der Waals surface area contributed by atoms with Gasteiger partial charge in [0.2, 0.25) is 11.9 Å². The molecule has 0 saturated carbocycles. The molecular weight excluding hydrogens is 344 g/mol. The van der Waals surface area contributed by atoms with Gasteiger partial charge in [-0.2, -0.15) is 0 Å². The van der Waals surface area contributed by atoms with Crippen molar-refractivity contribution in [1.82, 2.24) is 24.4 Å². The van der Waals surface area contributed by atoms with E-state index in [9.17, 15) is 9.59 Å². The highest BCUT2D eigenvalue weighted by Crippen LogP contribution is 2.22. The second kappa shape index (κ2) is 6.53. The first-order valence-corrected chi connectivity index (χ1v) is 8.95. The minimum atomic E-state index is -0.380. The number of nitrogens with zero attached hydrogens (tertiary/aromatic N) is 5. The van der Waals surface area contributed by atoms with E-state index in [1.165, 1.54) is 0 Å². The molecule has 1 aromatic carbocycles. The van der Waals surface area contributed by atoms with Gasteiger partial charge >= 0.3 is 0 Å². The Bertz CT molecular complexity index is 1070. The van der Waals surface area contributed by atoms with Crippen molar-refractivity contribution >= 4 is 22.9 Å². The molecule has 0 bridgehead atoms. The number of carbonyl (C=O) groups excluding carboxylic acids is 1. The van der Waals surface area contributed by atoms with E-state index in [1.807, 2.05) is 49.9 Å². The average Bonchev–Trinajstić information content (AvgIpc) is 3.10. The van der Waals surface area contributed by atoms with Crippen LogP contribution >= 0.6 is 0 Å². The van der Waals surface area contributed by atoms with Crippen LogP contribution in [0.1, 0.15) is 24.2 Å². The van der Waals surface area contributed by atoms with Gasteiger partial charge in [-0.05, 0) is 25.5 Å². The molecule has 0 spiro atoms. The molecule has 1 unspecified atom stereocenters. The number of rotatable bonds is 3. The summed E-state index contributed by atoms with van der Waals surface area (Å²) in [6, 6.07) is 7.38. The number of fused-ring (bicyclic) bond motifs is 2. The van der Waals surface area contributed by atoms with Crippen LogP contribution < -0.4 is 10.5 Å². The van der Waals surface area contributed by atoms with Crippen molar-refractivity contribution in [2.75, 3.05) is 25.5 Å². The number of hydrogen-bond acceptors (Lipinski definition) is 5. The first-order valence-electron chi connectivity index (χ1n) is 8.95. The van der Waals surface area contributed by atoms with Gasteiger partial charge < -0.3 is 14.4 Å². The van der Waals surface area contributed by atoms with Gasteiger partial charge in [-0.25, -0.2) is 9.97 Å². The lowest BCUT2D eigenvalue weighted by atomic mass is 10.1. The van der Waals surface area contributed by atoms with Gasteiger partial charge in [-0.1, -0.05) is 12.1 Å². The Labute approximate surface area is 156 Å². The number of carbonyl (C=O) groups is 1. The topological polar surface area (TPSA) is 87.1 Å². The Hall–Kier alpha value is -3.16. The quantitative estimate of drug-likeness (QED) is 0.756. The Morgan fingerprint density at radius 3 is 2.85 bits per heavy atom. The van der Waals surface area contributed by atoms with Crippen LogP contribution in [-0.4, -0.2) is 51.0 Å². The number of benzene rings is 1. The maximum atomic E-state index is 13.1. The van der Waals surface area contributed by atoms with Crippen molar-refractivity contribution in [2.24, 2.45) is 0 Å². The fourth-order valence-electron chi connectivity index (χ4n) is 3.50. The highest BCUT2D eigenvalue weighted by molar-refractivity contribution is 5.83. The SMILES string of the molecule is CC(C(=O)N1CCc2c(nc(N(C)C)[nH]c2=O)C1)n1cnc2ccccc21. The number of H-pyrrole nitrogens is 1. The molecular formula is C19H22N6O2. The molecule has 0 radical (unpaired) electrons. The predicted octanol–water partition coefficient (Wildman–Crippen LogP) is 1.33. The number of anilines is 1. The molecule has 0 aliphatic carbocycles. The van der Waals surface area contributed by atoms with E-state index in [2.05, 4.69) is 15.0 Å². The van der Waals surface area contributed by atoms with Crippen LogP contribution in [0.15, 0.2) is 35.4 Å². The highest BCUT2D eigenvalue weighted by atomic mass is 16.2. The standard InChI is InChI=1S/C19H22N6O2/c1-12(25-11-20-14-6-4-5-7-16(14)25)18(27)24-9-8-13-15(10-24)21-19(23(2)3)22-17(13)26/h4-7,11-12H,8-10H2,1-3H3,(H,21,22,26). The summed E-state index contributed by atoms with van der Waals surface area (Å²) in [6.45, 7) is 2.73. The maximum absolute atomic E-state index is 13.1. The molecule has 3 aromatic rings. The smallest absolute Gasteiger partial charge is 0.255 e. The third-order valence-corrected chi connectivity index (χ3v) is 5.05. The second-order valence-electron chi connectivity index (χ2n) is 7.04. The number of imidazole rings is 1. The summed E-state index contributed by atoms with van der Waals surface area (Å²) >= 11 is 0. The first kappa shape index (κ1) is 17.3. The lowest BCUT2D eigenvalue weighted by Crippen LogP contribution is -2.42. The normalized spacial score (nSPS) is 14.9. The van der Waals surface area contributed by atoms with E-state index in [0.29, 0.717) is 36.7 Å². The van der Waals surface area contributed by atoms with Crippen LogP contribution in [0.2, 0.25) is 0 Å². The average molecular weight is 366 g/mol. The molecule has 140 valence electrons. The van der Waals surface area contributed by atoms with Gasteiger partial charge in [0.25, 0.3) is 5.56 Å². The zero-order chi connectivity index (χ0) is 19.1. The molecule has 1 atom stereocenters. The van der Waals surface area contributed by atoms with Crippen LogP contribution in [0.25, 0.3) is 11.0 Å². The zero-order valence-corrected chi connectivity index (χ0v) is 15.6. The molecule has 1 N–H and O–H groups in total. The first-order chi connectivity index (χ1) is 13.0. The molecule has 27 heavy (non-hydrogen) atoms. The van der Waals surface area contributed by atoms with E-state index in [1.54, 1.807) is 16.1 Å². The highest BCUT2D eigenvalue weighted by Gasteiger charge is 2.28. The molecule has 0 saturated heterocycles. The lowest BCUT2D eigenvalue weighted by Gasteiger charge is -2.30. The summed E-state index contributed by atoms with van der Waals surface area (Å²) in [7, 11) is 3.64. The van der Waals surface area contributed by atoms with Gasteiger partial charge in [0.15, 0.2) is 0 Å². The van der Waals surface area contributed by atoms with Gasteiger partial charge in [-0.15, -0.1) is 0 Å². The summed E-state index contributed by atoms with van der Waals surface area (Å²) in [5, 5.41) is 0. The minimum absolute atomic E-state index is 0.00251. The number of aromatic amines is 1. The fourth-order valence-corrected chi connectivity index (χ4v) is 3.50. The second-order valence-corrected chi connectivity index (χ2v) is 7.04. The van der Waals surface area contributed by atoms with Gasteiger partial charge in [0, 0.05) is 26.2 Å². The molecule has 0 fully saturated rings. The third kappa shape index (κ3) is 2.97. The largest absolute Gasteiger partial charge is 0.348 e. The van der Waals surface area contributed by atoms with Crippen molar-refractivity contribution < 1.29 is 4.79 Å². The van der Waals surface area contributed by atoms with Crippen molar-refractivity contribution in [3.63, 3.8) is 0 Å². The fraction of sp³-hybridized carbons (Fsp3) is 0.368. The van der Waals surface area contributed by atoms with E-state index in [0.717, 1.165) is 11.0 Å². The summed E-state index contributed by atoms with van der Waals surface area (Å²) in [4.78, 5) is 40.6. The predicted molar refractivity (Wildman–Crippen MR) is 103 cm³/mol. The summed E-state index contributed by atoms with van der Waals surface area (Å²) in [5.74, 6) is 0.499. The van der Waals surface area contributed by atoms with Crippen molar-refractivity contribution in [3.8, 4) is 0 Å². The Morgan fingerprint density at radius 1 is 1.30 bits per heavy atom. The van der Waals surface area contributed by atoms with E-state index < -0.39 is 0 Å². The number of amides is 1. The van der Waals surface area contributed by atoms with Crippen LogP contribution in [0.4, 0.5) is 5.95 Å². The number of para-hydroxylation sites is 2. The van der Waals surface area contributed by atoms with E-state index in [-0.39, 0.29) is 17.5 Å². The number of aromatic nitrogens is 4. The van der Waals surface area contributed by atoms with E-state index in [4.69, 9.17) is 0 Å². The Morgan fingerprint density at radius 2 is 2.07 bits per heavy atom. The summed E-state index contributed by atoms with van der Waals surface area (Å²) in [6.07, 6.45) is 2.22. The molecule has 2 aromatic heterocycles. The summed E-state index contributed by atoms with van der Waals surface area (Å²) < 4.78 is 1.89. The number of hydrogen-bond donors (Lipinski definition) is 1. The van der Waals surface area contributed by atoms with Crippen LogP contribution in [-0.2, 0) is 17.8 Å². The molecule has 3 heterocycles. The summed E-state index contributed by atoms with van der Waals surface area (Å²) in [5.41, 5.74) is 3.02. The van der Waals surface area contributed by atoms with Crippen LogP contribution in [0.3, 0.4) is 0 Å². The van der Waals surface area contributed by atoms with Gasteiger partial charge in [0.05, 0.1) is 29.6 Å². The van der Waals surface area contributed by atoms with Crippen LogP contribution in [0, 0.1) is 0 Å². The van der Waals surface area contributed by atoms with Gasteiger partial charge in [0.1, 0.15) is 6.04 Å². The zero-order valence-electron chi connectivity index (χ0n) is 15.6. The van der Waals surface area contributed by atoms with Gasteiger partial charge in [-0.3, -0.25) is 14.6 Å². The molecule has 1 aliphatic rings. The Kier molecular flexibility index (Phi) is 4.18. The third-order valence-electron chi connectivity index (χ3n) is 5.05. The minimum Gasteiger partial charge on any atom is -0.348 e. The molecule has 4 rings (SSSR count). The Balaban J connectivity index is 1.61. The number of nitrogens with one attached hydrogen (secondary N) is 1.